The number of Topliss-reactive ketones (excluding diaryl/α,β-unsaturated/α-hetero) is 1. The Morgan fingerprint density at radius 3 is 0.960 bits per heavy atom. The summed E-state index contributed by atoms with van der Waals surface area (Å²) in [6.45, 7) is 15.2. The average Bonchev–Trinajstić information content (AvgIpc) is 0.821. The van der Waals surface area contributed by atoms with Crippen molar-refractivity contribution < 1.29 is 127 Å². The van der Waals surface area contributed by atoms with Gasteiger partial charge in [0.1, 0.15) is 84.4 Å². The molecule has 0 aromatic heterocycles. The number of nitrogens with one attached hydrogen (secondary N) is 7. The number of hydrogen-bond acceptors (Lipinski definition) is 26. The molecule has 21 atom stereocenters. The van der Waals surface area contributed by atoms with Crippen molar-refractivity contribution in [2.45, 2.75) is 244 Å². The average molecular weight is 1440 g/mol. The van der Waals surface area contributed by atoms with Gasteiger partial charge in [0.25, 0.3) is 0 Å². The van der Waals surface area contributed by atoms with E-state index in [2.05, 4.69) is 37.2 Å². The summed E-state index contributed by atoms with van der Waals surface area (Å²) < 4.78 is 53.4. The van der Waals surface area contributed by atoms with E-state index in [9.17, 15) is 84.3 Å². The fraction of sp³-hybridized carbons (Fsp3) is 0.881. The van der Waals surface area contributed by atoms with Crippen molar-refractivity contribution in [2.75, 3.05) is 98.9 Å². The van der Waals surface area contributed by atoms with Crippen LogP contribution in [-0.4, -0.2) is 289 Å². The Labute approximate surface area is 587 Å². The van der Waals surface area contributed by atoms with E-state index < -0.39 is 141 Å². The smallest absolute Gasteiger partial charge is 0.222 e. The van der Waals surface area contributed by atoms with E-state index in [0.29, 0.717) is 58.2 Å². The van der Waals surface area contributed by atoms with Crippen molar-refractivity contribution in [3.8, 4) is 0 Å². The van der Waals surface area contributed by atoms with Crippen molar-refractivity contribution in [3.63, 3.8) is 0 Å². The maximum absolute atomic E-state index is 13.7. The molecule has 0 aromatic rings. The Morgan fingerprint density at radius 1 is 0.420 bits per heavy atom. The van der Waals surface area contributed by atoms with E-state index in [-0.39, 0.29) is 157 Å². The largest absolute Gasteiger partial charge is 0.394 e. The number of rotatable bonds is 50. The molecule has 16 N–H and O–H groups in total. The van der Waals surface area contributed by atoms with Crippen LogP contribution in [-0.2, 0) is 81.0 Å². The molecule has 0 spiro atoms. The summed E-state index contributed by atoms with van der Waals surface area (Å²) in [6, 6.07) is -3.29. The first-order valence-corrected chi connectivity index (χ1v) is 35.3. The van der Waals surface area contributed by atoms with Gasteiger partial charge in [0.15, 0.2) is 18.9 Å². The van der Waals surface area contributed by atoms with Crippen LogP contribution in [0.4, 0.5) is 0 Å². The summed E-state index contributed by atoms with van der Waals surface area (Å²) in [5.41, 5.74) is -1.45. The molecule has 100 heavy (non-hydrogen) atoms. The van der Waals surface area contributed by atoms with Crippen molar-refractivity contribution in [3.05, 3.63) is 0 Å². The summed E-state index contributed by atoms with van der Waals surface area (Å²) >= 11 is 0. The highest BCUT2D eigenvalue weighted by Gasteiger charge is 2.48. The third-order valence-electron chi connectivity index (χ3n) is 18.0. The molecule has 0 radical (unpaired) electrons. The van der Waals surface area contributed by atoms with Gasteiger partial charge in [-0.25, -0.2) is 0 Å². The van der Waals surface area contributed by atoms with Crippen LogP contribution in [0.25, 0.3) is 0 Å². The third-order valence-corrected chi connectivity index (χ3v) is 18.0. The summed E-state index contributed by atoms with van der Waals surface area (Å²) in [7, 11) is 0. The molecule has 3 aliphatic rings. The number of carbonyl (C=O) groups is 8. The molecule has 3 fully saturated rings. The monoisotopic (exact) mass is 1440 g/mol. The van der Waals surface area contributed by atoms with E-state index in [1.807, 2.05) is 41.5 Å². The van der Waals surface area contributed by atoms with Crippen LogP contribution in [0.3, 0.4) is 0 Å². The Hall–Kier alpha value is -4.76. The van der Waals surface area contributed by atoms with E-state index in [0.717, 1.165) is 0 Å². The number of hydrogen-bond donors (Lipinski definition) is 16. The van der Waals surface area contributed by atoms with Crippen LogP contribution >= 0.6 is 0 Å². The molecular formula is C67H121N7O26. The maximum Gasteiger partial charge on any atom is 0.222 e. The molecule has 33 nitrogen and oxygen atoms in total. The fourth-order valence-electron chi connectivity index (χ4n) is 12.1. The second-order valence-electron chi connectivity index (χ2n) is 27.3. The zero-order chi connectivity index (χ0) is 74.6. The molecule has 21 unspecified atom stereocenters. The van der Waals surface area contributed by atoms with Crippen LogP contribution < -0.4 is 37.2 Å². The zero-order valence-corrected chi connectivity index (χ0v) is 60.2. The van der Waals surface area contributed by atoms with Gasteiger partial charge in [0.05, 0.1) is 79.3 Å². The molecule has 7 amide bonds. The molecule has 33 heteroatoms. The summed E-state index contributed by atoms with van der Waals surface area (Å²) in [5.74, 6) is -3.37. The summed E-state index contributed by atoms with van der Waals surface area (Å²) in [5, 5.41) is 112. The lowest BCUT2D eigenvalue weighted by molar-refractivity contribution is -0.272. The molecule has 3 aliphatic heterocycles. The predicted octanol–water partition coefficient (Wildman–Crippen LogP) is -2.79. The van der Waals surface area contributed by atoms with E-state index in [1.54, 1.807) is 0 Å². The molecule has 3 heterocycles. The first-order chi connectivity index (χ1) is 47.4. The van der Waals surface area contributed by atoms with Gasteiger partial charge in [0.2, 0.25) is 41.4 Å². The van der Waals surface area contributed by atoms with E-state index >= 15 is 0 Å². The molecule has 0 aromatic carbocycles. The highest BCUT2D eigenvalue weighted by molar-refractivity contribution is 5.79. The standard InChI is InChI=1S/C67H121N7O26/c1-11-45(23-38(4)32-95-64-55(71-42(8)79)61(89)58(86)48(29-75)98-64)26-68-51(82)17-20-92-35-67(74-54(85)16-14-15-41(7)78,36-93-21-18-52(83)69-27-46(12-2)24-39(5)33-96-65-56(72-43(9)80)62(90)59(87)49(30-76)99-65)37-94-22-19-53(84)70-28-47(13-3)25-40(6)34-97-66-57(73-44(10)81)63(91)60(88)50(31-77)100-66/h38-40,45-50,55-66,75-77,86-91H,11-37H2,1-10H3,(H,68,82)(H,69,83)(H,70,84)(H,71,79)(H,72,80)(H,73,81)(H,74,85). The molecule has 580 valence electrons. The minimum Gasteiger partial charge on any atom is -0.394 e. The van der Waals surface area contributed by atoms with E-state index in [1.165, 1.54) is 27.7 Å². The van der Waals surface area contributed by atoms with Crippen LogP contribution in [0.1, 0.15) is 146 Å². The van der Waals surface area contributed by atoms with Crippen LogP contribution in [0, 0.1) is 35.5 Å². The van der Waals surface area contributed by atoms with Gasteiger partial charge in [-0.15, -0.1) is 0 Å². The first kappa shape index (κ1) is 89.5. The van der Waals surface area contributed by atoms with Gasteiger partial charge in [-0.3, -0.25) is 33.6 Å². The molecule has 0 bridgehead atoms. The Kier molecular flexibility index (Phi) is 42.6. The Bertz CT molecular complexity index is 2200. The van der Waals surface area contributed by atoms with Gasteiger partial charge in [-0.1, -0.05) is 60.8 Å². The number of carbonyl (C=O) groups excluding carboxylic acids is 8. The number of ether oxygens (including phenoxy) is 9. The van der Waals surface area contributed by atoms with Crippen LogP contribution in [0.15, 0.2) is 0 Å². The lowest BCUT2D eigenvalue weighted by atomic mass is 9.93. The second-order valence-corrected chi connectivity index (χ2v) is 27.3. The highest BCUT2D eigenvalue weighted by Crippen LogP contribution is 2.28. The zero-order valence-electron chi connectivity index (χ0n) is 60.2. The lowest BCUT2D eigenvalue weighted by Gasteiger charge is -2.42. The third kappa shape index (κ3) is 32.5. The van der Waals surface area contributed by atoms with Gasteiger partial charge in [-0.05, 0) is 68.1 Å². The normalized spacial score (nSPS) is 27.8. The quantitative estimate of drug-likeness (QED) is 0.0274. The lowest BCUT2D eigenvalue weighted by Crippen LogP contribution is -2.64. The number of amides is 7. The topological polar surface area (TPSA) is 486 Å². The summed E-state index contributed by atoms with van der Waals surface area (Å²) in [6.07, 6.45) is -11.8. The minimum absolute atomic E-state index is 0.00835. The molecule has 3 rings (SSSR count). The van der Waals surface area contributed by atoms with Crippen molar-refractivity contribution in [1.82, 2.24) is 37.2 Å². The van der Waals surface area contributed by atoms with Gasteiger partial charge >= 0.3 is 0 Å². The van der Waals surface area contributed by atoms with Gasteiger partial charge in [0, 0.05) is 72.5 Å². The molecule has 3 saturated heterocycles. The van der Waals surface area contributed by atoms with Crippen molar-refractivity contribution in [2.24, 2.45) is 35.5 Å². The number of aliphatic hydroxyl groups is 9. The van der Waals surface area contributed by atoms with Crippen molar-refractivity contribution >= 4 is 47.1 Å². The highest BCUT2D eigenvalue weighted by atomic mass is 16.7. The van der Waals surface area contributed by atoms with Crippen molar-refractivity contribution in [1.29, 1.82) is 0 Å². The molecule has 0 saturated carbocycles. The SMILES string of the molecule is CCC(CNC(=O)CCOCC(COCCC(=O)NCC(CC)CC(C)COC1OC(CO)C(O)C(O)C1NC(C)=O)(COCCC(=O)NCC(CC)CC(C)COC1OC(CO)C(O)C(O)C1NC(C)=O)NC(=O)CCCC(C)=O)CC(C)COC1OC(CO)C(O)C(O)C1NC(C)=O. The van der Waals surface area contributed by atoms with Gasteiger partial charge in [-0.2, -0.15) is 0 Å². The number of aliphatic hydroxyl groups excluding tert-OH is 9. The van der Waals surface area contributed by atoms with Crippen LogP contribution in [0.2, 0.25) is 0 Å². The Morgan fingerprint density at radius 2 is 0.710 bits per heavy atom. The van der Waals surface area contributed by atoms with E-state index in [4.69, 9.17) is 42.6 Å². The number of ketones is 1. The Balaban J connectivity index is 1.69. The summed E-state index contributed by atoms with van der Waals surface area (Å²) in [4.78, 5) is 102. The minimum atomic E-state index is -1.46. The maximum atomic E-state index is 13.7. The van der Waals surface area contributed by atoms with Gasteiger partial charge < -0.3 is 131 Å². The fourth-order valence-corrected chi connectivity index (χ4v) is 12.1. The van der Waals surface area contributed by atoms with Crippen LogP contribution in [0.5, 0.6) is 0 Å². The first-order valence-electron chi connectivity index (χ1n) is 35.3. The predicted molar refractivity (Wildman–Crippen MR) is 357 cm³/mol. The molecule has 0 aliphatic carbocycles. The second kappa shape index (κ2) is 47.6. The molecular weight excluding hydrogens is 1320 g/mol.